The average Bonchev–Trinajstić information content (AvgIpc) is 2.67. The van der Waals surface area contributed by atoms with Crippen LogP contribution in [0.15, 0.2) is 32.7 Å². The van der Waals surface area contributed by atoms with Gasteiger partial charge in [-0.05, 0) is 62.7 Å². The Balaban J connectivity index is 2.26. The lowest BCUT2D eigenvalue weighted by Gasteiger charge is -2.08. The van der Waals surface area contributed by atoms with E-state index in [1.165, 1.54) is 11.8 Å². The van der Waals surface area contributed by atoms with Crippen LogP contribution in [0, 0.1) is 0 Å². The second kappa shape index (κ2) is 5.16. The number of rotatable bonds is 3. The van der Waals surface area contributed by atoms with Gasteiger partial charge in [-0.15, -0.1) is 5.10 Å². The highest BCUT2D eigenvalue weighted by atomic mass is 79.9. The number of tetrazole rings is 1. The van der Waals surface area contributed by atoms with Crippen LogP contribution in [0.1, 0.15) is 18.5 Å². The molecule has 1 aromatic heterocycles. The number of aromatic nitrogens is 4. The maximum Gasteiger partial charge on any atom is 0.213 e. The van der Waals surface area contributed by atoms with Gasteiger partial charge in [-0.2, -0.15) is 0 Å². The molecular formula is C10H12BrN5S. The van der Waals surface area contributed by atoms with Crippen molar-refractivity contribution in [1.82, 2.24) is 20.2 Å². The van der Waals surface area contributed by atoms with Gasteiger partial charge in [0.1, 0.15) is 0 Å². The van der Waals surface area contributed by atoms with Gasteiger partial charge in [-0.1, -0.05) is 6.07 Å². The molecule has 0 aliphatic rings. The molecule has 0 amide bonds. The second-order valence-electron chi connectivity index (χ2n) is 3.67. The fourth-order valence-electron chi connectivity index (χ4n) is 1.29. The van der Waals surface area contributed by atoms with E-state index in [9.17, 15) is 0 Å². The molecule has 1 aromatic carbocycles. The third kappa shape index (κ3) is 2.85. The summed E-state index contributed by atoms with van der Waals surface area (Å²) in [4.78, 5) is 1.06. The molecular weight excluding hydrogens is 302 g/mol. The second-order valence-corrected chi connectivity index (χ2v) is 5.53. The van der Waals surface area contributed by atoms with E-state index >= 15 is 0 Å². The Bertz CT molecular complexity index is 525. The molecule has 0 saturated carbocycles. The first-order valence-corrected chi connectivity index (χ1v) is 6.64. The molecule has 1 atom stereocenters. The van der Waals surface area contributed by atoms with Crippen LogP contribution in [0.25, 0.3) is 0 Å². The Morgan fingerprint density at radius 3 is 2.76 bits per heavy atom. The fourth-order valence-corrected chi connectivity index (χ4v) is 2.66. The summed E-state index contributed by atoms with van der Waals surface area (Å²) in [5, 5.41) is 12.1. The SMILES string of the molecule is C[C@H](N)c1ccc(Sc2nnnn2C)c(Br)c1. The van der Waals surface area contributed by atoms with E-state index in [0.29, 0.717) is 0 Å². The summed E-state index contributed by atoms with van der Waals surface area (Å²) in [5.74, 6) is 0. The molecule has 2 rings (SSSR count). The average molecular weight is 314 g/mol. The summed E-state index contributed by atoms with van der Waals surface area (Å²) < 4.78 is 2.64. The first-order chi connectivity index (χ1) is 8.08. The molecule has 0 aliphatic carbocycles. The Hall–Kier alpha value is -0.920. The molecule has 7 heteroatoms. The van der Waals surface area contributed by atoms with E-state index in [1.807, 2.05) is 32.2 Å². The molecule has 0 saturated heterocycles. The van der Waals surface area contributed by atoms with Crippen molar-refractivity contribution < 1.29 is 0 Å². The van der Waals surface area contributed by atoms with E-state index < -0.39 is 0 Å². The number of benzene rings is 1. The van der Waals surface area contributed by atoms with E-state index in [2.05, 4.69) is 31.5 Å². The van der Waals surface area contributed by atoms with Crippen molar-refractivity contribution in [3.05, 3.63) is 28.2 Å². The van der Waals surface area contributed by atoms with Gasteiger partial charge in [0, 0.05) is 22.5 Å². The maximum atomic E-state index is 5.83. The van der Waals surface area contributed by atoms with Crippen LogP contribution in [0.2, 0.25) is 0 Å². The quantitative estimate of drug-likeness (QED) is 0.940. The molecule has 2 N–H and O–H groups in total. The summed E-state index contributed by atoms with van der Waals surface area (Å²) in [6, 6.07) is 6.09. The molecule has 2 aromatic rings. The van der Waals surface area contributed by atoms with Gasteiger partial charge in [0.15, 0.2) is 0 Å². The minimum Gasteiger partial charge on any atom is -0.324 e. The zero-order valence-electron chi connectivity index (χ0n) is 9.46. The zero-order valence-corrected chi connectivity index (χ0v) is 11.9. The zero-order chi connectivity index (χ0) is 12.4. The topological polar surface area (TPSA) is 69.6 Å². The molecule has 0 fully saturated rings. The predicted octanol–water partition coefficient (Wildman–Crippen LogP) is 2.14. The van der Waals surface area contributed by atoms with Crippen molar-refractivity contribution in [2.45, 2.75) is 23.0 Å². The van der Waals surface area contributed by atoms with Gasteiger partial charge >= 0.3 is 0 Å². The minimum absolute atomic E-state index is 0.0295. The molecule has 5 nitrogen and oxygen atoms in total. The highest BCUT2D eigenvalue weighted by molar-refractivity contribution is 9.10. The molecule has 0 aliphatic heterocycles. The van der Waals surface area contributed by atoms with Crippen LogP contribution in [-0.4, -0.2) is 20.2 Å². The molecule has 0 unspecified atom stereocenters. The van der Waals surface area contributed by atoms with Crippen molar-refractivity contribution in [2.24, 2.45) is 12.8 Å². The molecule has 17 heavy (non-hydrogen) atoms. The van der Waals surface area contributed by atoms with E-state index in [0.717, 1.165) is 20.1 Å². The van der Waals surface area contributed by atoms with Crippen molar-refractivity contribution in [1.29, 1.82) is 0 Å². The Labute approximate surface area is 112 Å². The van der Waals surface area contributed by atoms with Gasteiger partial charge in [-0.25, -0.2) is 4.68 Å². The van der Waals surface area contributed by atoms with Crippen LogP contribution >= 0.6 is 27.7 Å². The summed E-state index contributed by atoms with van der Waals surface area (Å²) in [5.41, 5.74) is 6.92. The minimum atomic E-state index is 0.0295. The molecule has 0 spiro atoms. The van der Waals surface area contributed by atoms with Crippen molar-refractivity contribution in [2.75, 3.05) is 0 Å². The Kier molecular flexibility index (Phi) is 3.80. The molecule has 0 bridgehead atoms. The van der Waals surface area contributed by atoms with Crippen LogP contribution in [0.4, 0.5) is 0 Å². The van der Waals surface area contributed by atoms with Gasteiger partial charge in [0.25, 0.3) is 0 Å². The van der Waals surface area contributed by atoms with E-state index in [1.54, 1.807) is 4.68 Å². The third-order valence-electron chi connectivity index (χ3n) is 2.26. The number of nitrogens with two attached hydrogens (primary N) is 1. The van der Waals surface area contributed by atoms with Crippen LogP contribution in [0.5, 0.6) is 0 Å². The molecule has 1 heterocycles. The number of nitrogens with zero attached hydrogens (tertiary/aromatic N) is 4. The molecule has 90 valence electrons. The first-order valence-electron chi connectivity index (χ1n) is 5.03. The monoisotopic (exact) mass is 313 g/mol. The summed E-state index contributed by atoms with van der Waals surface area (Å²) in [6.45, 7) is 1.96. The standard InChI is InChI=1S/C10H12BrN5S/c1-6(12)7-3-4-9(8(11)5-7)17-10-13-14-15-16(10)2/h3-6H,12H2,1-2H3/t6-/m0/s1. The summed E-state index contributed by atoms with van der Waals surface area (Å²) in [6.07, 6.45) is 0. The van der Waals surface area contributed by atoms with E-state index in [4.69, 9.17) is 5.73 Å². The maximum absolute atomic E-state index is 5.83. The van der Waals surface area contributed by atoms with Crippen molar-refractivity contribution in [3.63, 3.8) is 0 Å². The van der Waals surface area contributed by atoms with Gasteiger partial charge in [-0.3, -0.25) is 0 Å². The van der Waals surface area contributed by atoms with Gasteiger partial charge in [0.05, 0.1) is 0 Å². The van der Waals surface area contributed by atoms with Crippen molar-refractivity contribution >= 4 is 27.7 Å². The number of aryl methyl sites for hydroxylation is 1. The fraction of sp³-hybridized carbons (Fsp3) is 0.300. The third-order valence-corrected chi connectivity index (χ3v) is 4.29. The number of hydrogen-bond donors (Lipinski definition) is 1. The van der Waals surface area contributed by atoms with E-state index in [-0.39, 0.29) is 6.04 Å². The Morgan fingerprint density at radius 1 is 1.47 bits per heavy atom. The lowest BCUT2D eigenvalue weighted by Crippen LogP contribution is -2.04. The van der Waals surface area contributed by atoms with Gasteiger partial charge < -0.3 is 5.73 Å². The summed E-state index contributed by atoms with van der Waals surface area (Å²) >= 11 is 5.04. The Morgan fingerprint density at radius 2 is 2.24 bits per heavy atom. The van der Waals surface area contributed by atoms with Crippen LogP contribution < -0.4 is 5.73 Å². The summed E-state index contributed by atoms with van der Waals surface area (Å²) in [7, 11) is 1.81. The first kappa shape index (κ1) is 12.5. The van der Waals surface area contributed by atoms with Gasteiger partial charge in [0.2, 0.25) is 5.16 Å². The lowest BCUT2D eigenvalue weighted by atomic mass is 10.1. The largest absolute Gasteiger partial charge is 0.324 e. The van der Waals surface area contributed by atoms with Crippen LogP contribution in [0.3, 0.4) is 0 Å². The van der Waals surface area contributed by atoms with Crippen molar-refractivity contribution in [3.8, 4) is 0 Å². The number of hydrogen-bond acceptors (Lipinski definition) is 5. The molecule has 0 radical (unpaired) electrons. The normalized spacial score (nSPS) is 12.7. The number of halogens is 1. The smallest absolute Gasteiger partial charge is 0.213 e. The predicted molar refractivity (Wildman–Crippen MR) is 69.7 cm³/mol. The highest BCUT2D eigenvalue weighted by Gasteiger charge is 2.09. The highest BCUT2D eigenvalue weighted by Crippen LogP contribution is 2.33. The van der Waals surface area contributed by atoms with Crippen LogP contribution in [-0.2, 0) is 7.05 Å². The lowest BCUT2D eigenvalue weighted by molar-refractivity contribution is 0.664.